The Morgan fingerprint density at radius 2 is 1.70 bits per heavy atom. The van der Waals surface area contributed by atoms with E-state index in [4.69, 9.17) is 4.74 Å². The molecule has 0 aliphatic rings. The molecule has 4 nitrogen and oxygen atoms in total. The van der Waals surface area contributed by atoms with Gasteiger partial charge in [-0.1, -0.05) is 42.5 Å². The number of carbonyl (C=O) groups excluding carboxylic acids is 1. The summed E-state index contributed by atoms with van der Waals surface area (Å²) in [4.78, 5) is 12.1. The van der Waals surface area contributed by atoms with Gasteiger partial charge in [0.1, 0.15) is 12.4 Å². The zero-order valence-electron chi connectivity index (χ0n) is 14.2. The third-order valence-electron chi connectivity index (χ3n) is 3.69. The van der Waals surface area contributed by atoms with E-state index in [1.807, 2.05) is 60.7 Å². The minimum absolute atomic E-state index is 0.277. The Kier molecular flexibility index (Phi) is 6.79. The van der Waals surface area contributed by atoms with Gasteiger partial charge in [0.25, 0.3) is 5.91 Å². The molecule has 0 heterocycles. The Balaban J connectivity index is 1.59. The molecule has 136 valence electrons. The van der Waals surface area contributed by atoms with Crippen molar-refractivity contribution in [1.82, 2.24) is 5.43 Å². The normalized spacial score (nSPS) is 10.7. The topological polar surface area (TPSA) is 50.7 Å². The highest BCUT2D eigenvalue weighted by Gasteiger charge is 2.07. The molecule has 0 aliphatic carbocycles. The van der Waals surface area contributed by atoms with E-state index in [2.05, 4.69) is 42.4 Å². The third-order valence-corrected chi connectivity index (χ3v) is 5.00. The van der Waals surface area contributed by atoms with Crippen LogP contribution in [0.4, 0.5) is 0 Å². The van der Waals surface area contributed by atoms with E-state index in [9.17, 15) is 4.79 Å². The summed E-state index contributed by atoms with van der Waals surface area (Å²) >= 11 is 6.86. The lowest BCUT2D eigenvalue weighted by Gasteiger charge is -2.09. The van der Waals surface area contributed by atoms with Crippen LogP contribution in [0.2, 0.25) is 0 Å². The molecule has 0 radical (unpaired) electrons. The molecule has 0 fully saturated rings. The lowest BCUT2D eigenvalue weighted by molar-refractivity contribution is 0.0954. The molecule has 3 rings (SSSR count). The maximum absolute atomic E-state index is 12.1. The average Bonchev–Trinajstić information content (AvgIpc) is 2.68. The molecule has 3 aromatic carbocycles. The van der Waals surface area contributed by atoms with E-state index in [-0.39, 0.29) is 5.91 Å². The lowest BCUT2D eigenvalue weighted by Crippen LogP contribution is -2.18. The van der Waals surface area contributed by atoms with Crippen LogP contribution in [0.3, 0.4) is 0 Å². The second kappa shape index (κ2) is 9.48. The van der Waals surface area contributed by atoms with Crippen molar-refractivity contribution >= 4 is 44.0 Å². The first kappa shape index (κ1) is 19.3. The van der Waals surface area contributed by atoms with E-state index in [1.165, 1.54) is 0 Å². The predicted octanol–water partition coefficient (Wildman–Crippen LogP) is 5.55. The first-order valence-electron chi connectivity index (χ1n) is 8.17. The predicted molar refractivity (Wildman–Crippen MR) is 114 cm³/mol. The molecule has 0 saturated heterocycles. The monoisotopic (exact) mass is 486 g/mol. The van der Waals surface area contributed by atoms with Crippen molar-refractivity contribution in [2.24, 2.45) is 5.10 Å². The molecule has 1 amide bonds. The van der Waals surface area contributed by atoms with Gasteiger partial charge in [-0.05, 0) is 73.3 Å². The zero-order chi connectivity index (χ0) is 19.1. The minimum Gasteiger partial charge on any atom is -0.488 e. The maximum Gasteiger partial charge on any atom is 0.272 e. The van der Waals surface area contributed by atoms with Crippen LogP contribution in [0.15, 0.2) is 86.8 Å². The maximum atomic E-state index is 12.1. The molecule has 0 aromatic heterocycles. The third kappa shape index (κ3) is 5.52. The van der Waals surface area contributed by atoms with E-state index in [0.717, 1.165) is 25.8 Å². The van der Waals surface area contributed by atoms with Gasteiger partial charge in [-0.3, -0.25) is 4.79 Å². The van der Waals surface area contributed by atoms with Crippen molar-refractivity contribution in [3.05, 3.63) is 98.4 Å². The molecule has 0 bridgehead atoms. The summed E-state index contributed by atoms with van der Waals surface area (Å²) in [5.74, 6) is 0.467. The largest absolute Gasteiger partial charge is 0.488 e. The van der Waals surface area contributed by atoms with Crippen LogP contribution in [-0.2, 0) is 6.61 Å². The van der Waals surface area contributed by atoms with Crippen molar-refractivity contribution in [1.29, 1.82) is 0 Å². The number of rotatable bonds is 6. The van der Waals surface area contributed by atoms with Crippen LogP contribution >= 0.6 is 31.9 Å². The Hall–Kier alpha value is -2.44. The summed E-state index contributed by atoms with van der Waals surface area (Å²) in [7, 11) is 0. The van der Waals surface area contributed by atoms with Gasteiger partial charge in [-0.25, -0.2) is 5.43 Å². The number of halogens is 2. The Bertz CT molecular complexity index is 959. The molecule has 0 spiro atoms. The number of carbonyl (C=O) groups is 1. The molecule has 0 aliphatic heterocycles. The second-order valence-electron chi connectivity index (χ2n) is 5.64. The van der Waals surface area contributed by atoms with Gasteiger partial charge < -0.3 is 4.74 Å². The summed E-state index contributed by atoms with van der Waals surface area (Å²) in [5, 5.41) is 4.02. The van der Waals surface area contributed by atoms with Gasteiger partial charge in [0.15, 0.2) is 0 Å². The van der Waals surface area contributed by atoms with Crippen molar-refractivity contribution in [3.63, 3.8) is 0 Å². The van der Waals surface area contributed by atoms with Gasteiger partial charge in [0.2, 0.25) is 0 Å². The molecule has 0 saturated carbocycles. The fourth-order valence-electron chi connectivity index (χ4n) is 2.32. The summed E-state index contributed by atoms with van der Waals surface area (Å²) in [6, 6.07) is 22.8. The average molecular weight is 488 g/mol. The van der Waals surface area contributed by atoms with Crippen LogP contribution in [0.25, 0.3) is 0 Å². The Morgan fingerprint density at radius 1 is 0.963 bits per heavy atom. The van der Waals surface area contributed by atoms with E-state index < -0.39 is 0 Å². The summed E-state index contributed by atoms with van der Waals surface area (Å²) in [6.07, 6.45) is 1.58. The number of nitrogens with zero attached hydrogens (tertiary/aromatic N) is 1. The van der Waals surface area contributed by atoms with E-state index in [1.54, 1.807) is 18.3 Å². The molecule has 1 N–H and O–H groups in total. The number of amides is 1. The SMILES string of the molecule is O=C(NN=Cc1ccc(OCc2ccccc2)c(Br)c1)c1ccccc1Br. The van der Waals surface area contributed by atoms with Crippen LogP contribution < -0.4 is 10.2 Å². The Morgan fingerprint density at radius 3 is 2.44 bits per heavy atom. The zero-order valence-corrected chi connectivity index (χ0v) is 17.4. The van der Waals surface area contributed by atoms with Crippen molar-refractivity contribution in [2.45, 2.75) is 6.61 Å². The van der Waals surface area contributed by atoms with E-state index >= 15 is 0 Å². The van der Waals surface area contributed by atoms with Crippen LogP contribution in [0, 0.1) is 0 Å². The summed E-state index contributed by atoms with van der Waals surface area (Å²) in [5.41, 5.74) is 4.99. The molecule has 0 atom stereocenters. The standard InChI is InChI=1S/C21H16Br2N2O2/c22-18-9-5-4-8-17(18)21(26)25-24-13-16-10-11-20(19(23)12-16)27-14-15-6-2-1-3-7-15/h1-13H,14H2,(H,25,26). The number of nitrogens with one attached hydrogen (secondary N) is 1. The highest BCUT2D eigenvalue weighted by Crippen LogP contribution is 2.26. The lowest BCUT2D eigenvalue weighted by atomic mass is 10.2. The highest BCUT2D eigenvalue weighted by molar-refractivity contribution is 9.10. The van der Waals surface area contributed by atoms with Crippen molar-refractivity contribution in [2.75, 3.05) is 0 Å². The number of hydrogen-bond acceptors (Lipinski definition) is 3. The molecule has 6 heteroatoms. The second-order valence-corrected chi connectivity index (χ2v) is 7.35. The number of hydrogen-bond donors (Lipinski definition) is 1. The van der Waals surface area contributed by atoms with Crippen molar-refractivity contribution in [3.8, 4) is 5.75 Å². The minimum atomic E-state index is -0.277. The first-order chi connectivity index (χ1) is 13.1. The smallest absolute Gasteiger partial charge is 0.272 e. The fraction of sp³-hybridized carbons (Fsp3) is 0.0476. The van der Waals surface area contributed by atoms with Crippen LogP contribution in [-0.4, -0.2) is 12.1 Å². The molecule has 3 aromatic rings. The van der Waals surface area contributed by atoms with Gasteiger partial charge in [-0.2, -0.15) is 5.10 Å². The van der Waals surface area contributed by atoms with E-state index in [0.29, 0.717) is 12.2 Å². The van der Waals surface area contributed by atoms with Crippen molar-refractivity contribution < 1.29 is 9.53 Å². The quantitative estimate of drug-likeness (QED) is 0.365. The molecular formula is C21H16Br2N2O2. The molecule has 0 unspecified atom stereocenters. The van der Waals surface area contributed by atoms with Crippen LogP contribution in [0.5, 0.6) is 5.75 Å². The highest BCUT2D eigenvalue weighted by atomic mass is 79.9. The number of benzene rings is 3. The summed E-state index contributed by atoms with van der Waals surface area (Å²) in [6.45, 7) is 0.495. The molecular weight excluding hydrogens is 472 g/mol. The molecule has 27 heavy (non-hydrogen) atoms. The van der Waals surface area contributed by atoms with Gasteiger partial charge in [-0.15, -0.1) is 0 Å². The number of ether oxygens (including phenoxy) is 1. The number of hydrazone groups is 1. The fourth-order valence-corrected chi connectivity index (χ4v) is 3.30. The van der Waals surface area contributed by atoms with Gasteiger partial charge in [0.05, 0.1) is 16.3 Å². The summed E-state index contributed by atoms with van der Waals surface area (Å²) < 4.78 is 7.37. The van der Waals surface area contributed by atoms with Gasteiger partial charge >= 0.3 is 0 Å². The Labute approximate surface area is 174 Å². The van der Waals surface area contributed by atoms with Gasteiger partial charge in [0, 0.05) is 4.47 Å². The van der Waals surface area contributed by atoms with Crippen LogP contribution in [0.1, 0.15) is 21.5 Å². The first-order valence-corrected chi connectivity index (χ1v) is 9.76.